The van der Waals surface area contributed by atoms with Crippen LogP contribution < -0.4 is 0 Å². The number of nitro groups is 1. The van der Waals surface area contributed by atoms with Gasteiger partial charge in [0.15, 0.2) is 5.76 Å². The molecule has 0 amide bonds. The first-order chi connectivity index (χ1) is 9.52. The summed E-state index contributed by atoms with van der Waals surface area (Å²) in [6.45, 7) is 0. The summed E-state index contributed by atoms with van der Waals surface area (Å²) in [6, 6.07) is 10.9. The van der Waals surface area contributed by atoms with Crippen molar-refractivity contribution in [3.05, 3.63) is 62.3 Å². The maximum Gasteiger partial charge on any atom is 0.433 e. The smallest absolute Gasteiger partial charge is 0.397 e. The minimum Gasteiger partial charge on any atom is -0.397 e. The van der Waals surface area contributed by atoms with E-state index >= 15 is 0 Å². The first kappa shape index (κ1) is 14.0. The van der Waals surface area contributed by atoms with E-state index in [9.17, 15) is 14.9 Å². The highest BCUT2D eigenvalue weighted by molar-refractivity contribution is 9.10. The Morgan fingerprint density at radius 3 is 2.70 bits per heavy atom. The molecule has 1 atom stereocenters. The van der Waals surface area contributed by atoms with Gasteiger partial charge in [0.05, 0.1) is 12.1 Å². The van der Waals surface area contributed by atoms with Crippen LogP contribution in [0.1, 0.15) is 22.0 Å². The number of carbonyl (C=O) groups is 1. The Morgan fingerprint density at radius 2 is 2.15 bits per heavy atom. The predicted octanol–water partition coefficient (Wildman–Crippen LogP) is 3.44. The van der Waals surface area contributed by atoms with Gasteiger partial charge in [-0.15, -0.1) is 0 Å². The lowest BCUT2D eigenvalue weighted by Crippen LogP contribution is -2.10. The van der Waals surface area contributed by atoms with Gasteiger partial charge in [0.1, 0.15) is 10.8 Å². The molecule has 1 aromatic heterocycles. The second-order valence-corrected chi connectivity index (χ2v) is 4.79. The van der Waals surface area contributed by atoms with Gasteiger partial charge in [-0.25, -0.2) is 0 Å². The van der Waals surface area contributed by atoms with Crippen molar-refractivity contribution in [3.63, 3.8) is 0 Å². The SMILES string of the molecule is N#CC(C(=O)c1ccc([N+](=O)[O-])o1)c1cccc(Br)c1. The normalized spacial score (nSPS) is 11.6. The van der Waals surface area contributed by atoms with E-state index in [0.29, 0.717) is 5.56 Å². The molecule has 0 radical (unpaired) electrons. The molecule has 0 aliphatic rings. The van der Waals surface area contributed by atoms with Crippen molar-refractivity contribution in [2.24, 2.45) is 0 Å². The molecule has 0 spiro atoms. The Hall–Kier alpha value is -2.46. The molecule has 1 aromatic carbocycles. The molecule has 1 heterocycles. The fraction of sp³-hybridized carbons (Fsp3) is 0.0769. The van der Waals surface area contributed by atoms with E-state index in [2.05, 4.69) is 15.9 Å². The van der Waals surface area contributed by atoms with Gasteiger partial charge < -0.3 is 4.42 Å². The van der Waals surface area contributed by atoms with Crippen LogP contribution in [0.4, 0.5) is 5.88 Å². The standard InChI is InChI=1S/C13H7BrN2O4/c14-9-3-1-2-8(6-9)10(7-15)13(17)11-4-5-12(20-11)16(18)19/h1-6,10H. The third-order valence-corrected chi connectivity index (χ3v) is 3.08. The second-order valence-electron chi connectivity index (χ2n) is 3.88. The fourth-order valence-electron chi connectivity index (χ4n) is 1.67. The van der Waals surface area contributed by atoms with Crippen molar-refractivity contribution in [2.45, 2.75) is 5.92 Å². The predicted molar refractivity (Wildman–Crippen MR) is 72.2 cm³/mol. The van der Waals surface area contributed by atoms with Gasteiger partial charge in [0.25, 0.3) is 0 Å². The maximum atomic E-state index is 12.2. The van der Waals surface area contributed by atoms with E-state index in [1.54, 1.807) is 24.3 Å². The van der Waals surface area contributed by atoms with Gasteiger partial charge in [-0.1, -0.05) is 28.1 Å². The van der Waals surface area contributed by atoms with Gasteiger partial charge in [-0.2, -0.15) is 5.26 Å². The highest BCUT2D eigenvalue weighted by Gasteiger charge is 2.26. The molecule has 1 unspecified atom stereocenters. The zero-order valence-electron chi connectivity index (χ0n) is 9.95. The highest BCUT2D eigenvalue weighted by Crippen LogP contribution is 2.25. The summed E-state index contributed by atoms with van der Waals surface area (Å²) in [6.07, 6.45) is 0. The summed E-state index contributed by atoms with van der Waals surface area (Å²) in [4.78, 5) is 22.0. The van der Waals surface area contributed by atoms with Crippen LogP contribution in [0.25, 0.3) is 0 Å². The number of Topliss-reactive ketones (excluding diaryl/α,β-unsaturated/α-hetero) is 1. The number of rotatable bonds is 4. The Morgan fingerprint density at radius 1 is 1.40 bits per heavy atom. The topological polar surface area (TPSA) is 97.1 Å². The molecule has 20 heavy (non-hydrogen) atoms. The van der Waals surface area contributed by atoms with Crippen LogP contribution in [0.15, 0.2) is 45.3 Å². The largest absolute Gasteiger partial charge is 0.433 e. The van der Waals surface area contributed by atoms with Gasteiger partial charge in [0.2, 0.25) is 5.78 Å². The molecule has 0 N–H and O–H groups in total. The van der Waals surface area contributed by atoms with Crippen molar-refractivity contribution in [1.29, 1.82) is 5.26 Å². The van der Waals surface area contributed by atoms with Crippen molar-refractivity contribution < 1.29 is 14.1 Å². The Balaban J connectivity index is 2.34. The number of hydrogen-bond donors (Lipinski definition) is 0. The number of benzene rings is 1. The monoisotopic (exact) mass is 334 g/mol. The number of hydrogen-bond acceptors (Lipinski definition) is 5. The lowest BCUT2D eigenvalue weighted by atomic mass is 9.95. The summed E-state index contributed by atoms with van der Waals surface area (Å²) < 4.78 is 5.56. The number of ketones is 1. The van der Waals surface area contributed by atoms with Crippen LogP contribution in [-0.2, 0) is 0 Å². The fourth-order valence-corrected chi connectivity index (χ4v) is 2.09. The Bertz CT molecular complexity index is 717. The lowest BCUT2D eigenvalue weighted by Gasteiger charge is -2.06. The summed E-state index contributed by atoms with van der Waals surface area (Å²) in [5, 5.41) is 19.7. The number of halogens is 1. The molecular formula is C13H7BrN2O4. The van der Waals surface area contributed by atoms with Crippen LogP contribution in [-0.4, -0.2) is 10.7 Å². The van der Waals surface area contributed by atoms with E-state index in [0.717, 1.165) is 10.5 Å². The molecule has 0 bridgehead atoms. The highest BCUT2D eigenvalue weighted by atomic mass is 79.9. The van der Waals surface area contributed by atoms with E-state index in [-0.39, 0.29) is 5.76 Å². The number of carbonyl (C=O) groups excluding carboxylic acids is 1. The minimum absolute atomic E-state index is 0.205. The van der Waals surface area contributed by atoms with Crippen LogP contribution in [0.3, 0.4) is 0 Å². The van der Waals surface area contributed by atoms with E-state index in [4.69, 9.17) is 9.68 Å². The average Bonchev–Trinajstić information content (AvgIpc) is 2.89. The molecule has 2 rings (SSSR count). The molecule has 0 saturated carbocycles. The summed E-state index contributed by atoms with van der Waals surface area (Å²) >= 11 is 3.25. The third-order valence-electron chi connectivity index (χ3n) is 2.59. The first-order valence-corrected chi connectivity index (χ1v) is 6.25. The molecule has 0 aliphatic carbocycles. The second kappa shape index (κ2) is 5.67. The lowest BCUT2D eigenvalue weighted by molar-refractivity contribution is -0.402. The summed E-state index contributed by atoms with van der Waals surface area (Å²) in [5.74, 6) is -2.42. The van der Waals surface area contributed by atoms with Crippen LogP contribution in [0, 0.1) is 21.4 Å². The van der Waals surface area contributed by atoms with Gasteiger partial charge in [0, 0.05) is 4.47 Å². The minimum atomic E-state index is -1.07. The molecule has 100 valence electrons. The number of nitrogens with zero attached hydrogens (tertiary/aromatic N) is 2. The molecule has 7 heteroatoms. The number of furan rings is 1. The quantitative estimate of drug-likeness (QED) is 0.484. The van der Waals surface area contributed by atoms with E-state index in [1.165, 1.54) is 6.07 Å². The van der Waals surface area contributed by atoms with Crippen LogP contribution >= 0.6 is 15.9 Å². The van der Waals surface area contributed by atoms with E-state index < -0.39 is 22.5 Å². The van der Waals surface area contributed by atoms with Crippen LogP contribution in [0.2, 0.25) is 0 Å². The van der Waals surface area contributed by atoms with E-state index in [1.807, 2.05) is 6.07 Å². The first-order valence-electron chi connectivity index (χ1n) is 5.46. The average molecular weight is 335 g/mol. The zero-order chi connectivity index (χ0) is 14.7. The van der Waals surface area contributed by atoms with Crippen molar-refractivity contribution in [3.8, 4) is 6.07 Å². The zero-order valence-corrected chi connectivity index (χ0v) is 11.5. The summed E-state index contributed by atoms with van der Waals surface area (Å²) in [7, 11) is 0. The molecule has 0 fully saturated rings. The molecular weight excluding hydrogens is 328 g/mol. The maximum absolute atomic E-state index is 12.2. The van der Waals surface area contributed by atoms with Crippen LogP contribution in [0.5, 0.6) is 0 Å². The molecule has 0 aliphatic heterocycles. The molecule has 0 saturated heterocycles. The molecule has 2 aromatic rings. The Labute approximate surface area is 121 Å². The third kappa shape index (κ3) is 2.75. The van der Waals surface area contributed by atoms with Gasteiger partial charge >= 0.3 is 5.88 Å². The van der Waals surface area contributed by atoms with Gasteiger partial charge in [-0.05, 0) is 23.8 Å². The van der Waals surface area contributed by atoms with Crippen molar-refractivity contribution >= 4 is 27.6 Å². The van der Waals surface area contributed by atoms with Crippen molar-refractivity contribution in [2.75, 3.05) is 0 Å². The number of nitriles is 1. The van der Waals surface area contributed by atoms with Gasteiger partial charge in [-0.3, -0.25) is 14.9 Å². The summed E-state index contributed by atoms with van der Waals surface area (Å²) in [5.41, 5.74) is 0.492. The molecule has 6 nitrogen and oxygen atoms in total. The van der Waals surface area contributed by atoms with Crippen molar-refractivity contribution in [1.82, 2.24) is 0 Å². The Kier molecular flexibility index (Phi) is 3.96.